The lowest BCUT2D eigenvalue weighted by Gasteiger charge is -2.28. The first-order chi connectivity index (χ1) is 23.7. The van der Waals surface area contributed by atoms with Crippen molar-refractivity contribution in [3.8, 4) is 0 Å². The fourth-order valence-electron chi connectivity index (χ4n) is 6.55. The fourth-order valence-corrected chi connectivity index (χ4v) is 10.3. The average molecular weight is 767 g/mol. The van der Waals surface area contributed by atoms with Crippen LogP contribution in [0.4, 0.5) is 11.6 Å². The number of sulfone groups is 2. The third kappa shape index (κ3) is 10.3. The summed E-state index contributed by atoms with van der Waals surface area (Å²) in [6.45, 7) is 18.3. The van der Waals surface area contributed by atoms with E-state index in [4.69, 9.17) is 0 Å². The molecule has 2 aliphatic carbocycles. The van der Waals surface area contributed by atoms with Gasteiger partial charge in [-0.05, 0) is 59.3 Å². The Hall–Kier alpha value is -2.74. The van der Waals surface area contributed by atoms with Crippen LogP contribution in [0.15, 0.2) is 12.1 Å². The molecule has 14 heteroatoms. The molecule has 0 saturated heterocycles. The van der Waals surface area contributed by atoms with Gasteiger partial charge in [-0.2, -0.15) is 10.2 Å². The Bertz CT molecular complexity index is 1760. The van der Waals surface area contributed by atoms with Gasteiger partial charge in [0.25, 0.3) is 0 Å². The minimum Gasteiger partial charge on any atom is -0.310 e. The zero-order valence-electron chi connectivity index (χ0n) is 33.8. The SMILES string of the molecule is Cn1nc(C(C)(C)C)cc1NC(=O)C(C)(C)S(=O)(=O)C1CCCCCC1.Cn1nc(C(C)(C)C)cc1NC(=O)C(C)(C)S(=O)(=O)CC1CCCCC1. The molecule has 2 N–H and O–H groups in total. The lowest BCUT2D eigenvalue weighted by atomic mass is 9.91. The van der Waals surface area contributed by atoms with E-state index >= 15 is 0 Å². The van der Waals surface area contributed by atoms with E-state index in [0.29, 0.717) is 24.5 Å². The highest BCUT2D eigenvalue weighted by atomic mass is 32.2. The fraction of sp³-hybridized carbons (Fsp3) is 0.789. The Morgan fingerprint density at radius 1 is 0.635 bits per heavy atom. The quantitative estimate of drug-likeness (QED) is 0.258. The largest absolute Gasteiger partial charge is 0.310 e. The molecule has 2 heterocycles. The number of hydrogen-bond donors (Lipinski definition) is 2. The second-order valence-electron chi connectivity index (χ2n) is 17.9. The number of aryl methyl sites for hydroxylation is 2. The number of carbonyl (C=O) groups excluding carboxylic acids is 2. The van der Waals surface area contributed by atoms with E-state index < -0.39 is 46.2 Å². The number of hydrogen-bond acceptors (Lipinski definition) is 8. The summed E-state index contributed by atoms with van der Waals surface area (Å²) in [5.74, 6) is 0.295. The van der Waals surface area contributed by atoms with Crippen LogP contribution in [-0.2, 0) is 54.2 Å². The summed E-state index contributed by atoms with van der Waals surface area (Å²) in [5, 5.41) is 14.0. The van der Waals surface area contributed by atoms with Crippen molar-refractivity contribution in [3.05, 3.63) is 23.5 Å². The first kappa shape index (κ1) is 43.7. The van der Waals surface area contributed by atoms with Crippen molar-refractivity contribution in [2.45, 2.75) is 165 Å². The van der Waals surface area contributed by atoms with Gasteiger partial charge < -0.3 is 10.6 Å². The number of aromatic nitrogens is 4. The van der Waals surface area contributed by atoms with Crippen LogP contribution < -0.4 is 10.6 Å². The van der Waals surface area contributed by atoms with Gasteiger partial charge in [0.05, 0.1) is 22.4 Å². The molecule has 2 saturated carbocycles. The standard InChI is InChI=1S/2C19H33N3O3S/c1-18(2,3)15-12-16(22(6)21-15)20-17(23)19(4,5)26(24,25)13-14-10-8-7-9-11-14;1-18(2,3)15-13-16(22(6)21-15)20-17(23)19(4,5)26(24,25)14-11-9-7-8-10-12-14/h12,14H,7-11,13H2,1-6H3,(H,20,23);13-14H,7-12H2,1-6H3,(H,20,23). The van der Waals surface area contributed by atoms with Crippen LogP contribution in [0.1, 0.15) is 151 Å². The van der Waals surface area contributed by atoms with Crippen LogP contribution in [-0.4, -0.2) is 68.7 Å². The molecular weight excluding hydrogens is 701 g/mol. The van der Waals surface area contributed by atoms with E-state index in [9.17, 15) is 26.4 Å². The summed E-state index contributed by atoms with van der Waals surface area (Å²) in [7, 11) is -3.64. The first-order valence-electron chi connectivity index (χ1n) is 18.9. The minimum atomic E-state index is -3.58. The molecule has 2 fully saturated rings. The first-order valence-corrected chi connectivity index (χ1v) is 22.1. The average Bonchev–Trinajstić information content (AvgIpc) is 3.46. The summed E-state index contributed by atoms with van der Waals surface area (Å²) in [4.78, 5) is 25.7. The van der Waals surface area contributed by atoms with Crippen LogP contribution in [0, 0.1) is 5.92 Å². The van der Waals surface area contributed by atoms with Gasteiger partial charge >= 0.3 is 0 Å². The molecule has 2 aromatic heterocycles. The summed E-state index contributed by atoms with van der Waals surface area (Å²) < 4.78 is 52.4. The maximum absolute atomic E-state index is 13.2. The molecule has 0 spiro atoms. The highest BCUT2D eigenvalue weighted by molar-refractivity contribution is 7.94. The van der Waals surface area contributed by atoms with Crippen molar-refractivity contribution in [2.75, 3.05) is 16.4 Å². The number of nitrogens with zero attached hydrogens (tertiary/aromatic N) is 4. The highest BCUT2D eigenvalue weighted by Gasteiger charge is 2.46. The van der Waals surface area contributed by atoms with Gasteiger partial charge in [0.2, 0.25) is 11.8 Å². The van der Waals surface area contributed by atoms with Crippen LogP contribution in [0.25, 0.3) is 0 Å². The van der Waals surface area contributed by atoms with Gasteiger partial charge in [-0.3, -0.25) is 19.0 Å². The van der Waals surface area contributed by atoms with Crippen LogP contribution >= 0.6 is 0 Å². The van der Waals surface area contributed by atoms with Gasteiger partial charge in [0, 0.05) is 37.1 Å². The Morgan fingerprint density at radius 3 is 1.38 bits per heavy atom. The maximum Gasteiger partial charge on any atom is 0.246 e. The number of rotatable bonds is 9. The molecule has 0 unspecified atom stereocenters. The van der Waals surface area contributed by atoms with Crippen molar-refractivity contribution in [3.63, 3.8) is 0 Å². The predicted molar refractivity (Wildman–Crippen MR) is 210 cm³/mol. The van der Waals surface area contributed by atoms with Crippen LogP contribution in [0.5, 0.6) is 0 Å². The Morgan fingerprint density at radius 2 is 1.00 bits per heavy atom. The maximum atomic E-state index is 13.2. The van der Waals surface area contributed by atoms with Gasteiger partial charge in [-0.1, -0.05) is 86.5 Å². The second-order valence-corrected chi connectivity index (χ2v) is 23.3. The van der Waals surface area contributed by atoms with E-state index in [0.717, 1.165) is 62.8 Å². The van der Waals surface area contributed by atoms with Crippen LogP contribution in [0.3, 0.4) is 0 Å². The molecule has 12 nitrogen and oxygen atoms in total. The number of amides is 2. The third-order valence-corrected chi connectivity index (χ3v) is 16.4. The normalized spacial score (nSPS) is 17.5. The van der Waals surface area contributed by atoms with E-state index in [-0.39, 0.29) is 22.5 Å². The zero-order chi connectivity index (χ0) is 39.5. The third-order valence-electron chi connectivity index (χ3n) is 10.8. The van der Waals surface area contributed by atoms with Gasteiger partial charge in [0.15, 0.2) is 19.7 Å². The highest BCUT2D eigenvalue weighted by Crippen LogP contribution is 2.33. The van der Waals surface area contributed by atoms with Crippen molar-refractivity contribution in [1.82, 2.24) is 19.6 Å². The van der Waals surface area contributed by atoms with Crippen LogP contribution in [0.2, 0.25) is 0 Å². The minimum absolute atomic E-state index is 0.0893. The van der Waals surface area contributed by atoms with E-state index in [1.54, 1.807) is 23.5 Å². The van der Waals surface area contributed by atoms with Crippen molar-refractivity contribution >= 4 is 43.1 Å². The smallest absolute Gasteiger partial charge is 0.246 e. The topological polar surface area (TPSA) is 162 Å². The zero-order valence-corrected chi connectivity index (χ0v) is 35.5. The lowest BCUT2D eigenvalue weighted by Crippen LogP contribution is -2.49. The predicted octanol–water partition coefficient (Wildman–Crippen LogP) is 7.00. The number of carbonyl (C=O) groups is 2. The van der Waals surface area contributed by atoms with Gasteiger partial charge in [-0.15, -0.1) is 0 Å². The van der Waals surface area contributed by atoms with Crippen molar-refractivity contribution < 1.29 is 26.4 Å². The Labute approximate surface area is 313 Å². The molecule has 2 amide bonds. The molecule has 296 valence electrons. The van der Waals surface area contributed by atoms with E-state index in [2.05, 4.69) is 20.8 Å². The second kappa shape index (κ2) is 16.3. The molecule has 0 aromatic carbocycles. The summed E-state index contributed by atoms with van der Waals surface area (Å²) >= 11 is 0. The molecule has 0 aliphatic heterocycles. The molecule has 4 rings (SSSR count). The Balaban J connectivity index is 0.000000280. The summed E-state index contributed by atoms with van der Waals surface area (Å²) in [6, 6.07) is 3.62. The van der Waals surface area contributed by atoms with Gasteiger partial charge in [0.1, 0.15) is 21.1 Å². The molecule has 2 aromatic rings. The lowest BCUT2D eigenvalue weighted by molar-refractivity contribution is -0.118. The monoisotopic (exact) mass is 766 g/mol. The summed E-state index contributed by atoms with van der Waals surface area (Å²) in [6.07, 6.45) is 10.5. The number of anilines is 2. The molecule has 0 bridgehead atoms. The molecule has 0 atom stereocenters. The van der Waals surface area contributed by atoms with Crippen molar-refractivity contribution in [1.29, 1.82) is 0 Å². The Kier molecular flexibility index (Phi) is 13.7. The molecular formula is C38H66N6O6S2. The van der Waals surface area contributed by atoms with E-state index in [1.807, 2.05) is 53.7 Å². The molecule has 0 radical (unpaired) electrons. The van der Waals surface area contributed by atoms with Crippen molar-refractivity contribution in [2.24, 2.45) is 20.0 Å². The number of nitrogens with one attached hydrogen (secondary N) is 2. The molecule has 2 aliphatic rings. The van der Waals surface area contributed by atoms with Gasteiger partial charge in [-0.25, -0.2) is 16.8 Å². The van der Waals surface area contributed by atoms with E-state index in [1.165, 1.54) is 34.1 Å². The summed E-state index contributed by atoms with van der Waals surface area (Å²) in [5.41, 5.74) is 1.39. The molecule has 52 heavy (non-hydrogen) atoms.